The van der Waals surface area contributed by atoms with Gasteiger partial charge in [-0.3, -0.25) is 4.79 Å². The Kier molecular flexibility index (Phi) is 3.94. The van der Waals surface area contributed by atoms with Crippen molar-refractivity contribution in [2.24, 2.45) is 0 Å². The molecule has 0 saturated heterocycles. The summed E-state index contributed by atoms with van der Waals surface area (Å²) in [5, 5.41) is 6.84. The van der Waals surface area contributed by atoms with E-state index in [1.54, 1.807) is 18.2 Å². The fourth-order valence-corrected chi connectivity index (χ4v) is 2.02. The standard InChI is InChI=1S/C14H12Cl2N4O/c15-10-4-3-9(5-11(10)16)19-13-7-17-12(6-18-13)14(21)20-8-1-2-8/h3-8H,1-2H2,(H,18,19)(H,20,21). The molecule has 0 spiro atoms. The van der Waals surface area contributed by atoms with Crippen molar-refractivity contribution in [1.82, 2.24) is 15.3 Å². The van der Waals surface area contributed by atoms with Gasteiger partial charge >= 0.3 is 0 Å². The predicted molar refractivity (Wildman–Crippen MR) is 82.3 cm³/mol. The van der Waals surface area contributed by atoms with E-state index in [4.69, 9.17) is 23.2 Å². The van der Waals surface area contributed by atoms with Crippen molar-refractivity contribution >= 4 is 40.6 Å². The Labute approximate surface area is 131 Å². The summed E-state index contributed by atoms with van der Waals surface area (Å²) in [5.74, 6) is 0.336. The number of rotatable bonds is 4. The Morgan fingerprint density at radius 3 is 2.57 bits per heavy atom. The highest BCUT2D eigenvalue weighted by molar-refractivity contribution is 6.42. The molecule has 7 heteroatoms. The summed E-state index contributed by atoms with van der Waals surface area (Å²) in [6, 6.07) is 5.47. The van der Waals surface area contributed by atoms with Crippen molar-refractivity contribution in [3.8, 4) is 0 Å². The number of amides is 1. The van der Waals surface area contributed by atoms with E-state index in [1.807, 2.05) is 0 Å². The van der Waals surface area contributed by atoms with Crippen molar-refractivity contribution in [1.29, 1.82) is 0 Å². The SMILES string of the molecule is O=C(NC1CC1)c1cnc(Nc2ccc(Cl)c(Cl)c2)cn1. The molecule has 1 aliphatic carbocycles. The molecule has 0 aliphatic heterocycles. The summed E-state index contributed by atoms with van der Waals surface area (Å²) in [6.07, 6.45) is 5.02. The first kappa shape index (κ1) is 14.1. The van der Waals surface area contributed by atoms with Gasteiger partial charge in [-0.05, 0) is 31.0 Å². The molecule has 1 aliphatic rings. The van der Waals surface area contributed by atoms with Crippen molar-refractivity contribution in [3.05, 3.63) is 46.3 Å². The first-order chi connectivity index (χ1) is 10.1. The smallest absolute Gasteiger partial charge is 0.271 e. The second-order valence-corrected chi connectivity index (χ2v) is 5.60. The quantitative estimate of drug-likeness (QED) is 0.905. The van der Waals surface area contributed by atoms with Gasteiger partial charge in [-0.15, -0.1) is 0 Å². The number of carbonyl (C=O) groups excluding carboxylic acids is 1. The number of hydrogen-bond donors (Lipinski definition) is 2. The lowest BCUT2D eigenvalue weighted by molar-refractivity contribution is 0.0945. The molecule has 1 saturated carbocycles. The van der Waals surface area contributed by atoms with E-state index in [0.29, 0.717) is 27.6 Å². The molecule has 1 aromatic heterocycles. The van der Waals surface area contributed by atoms with Crippen LogP contribution in [0.2, 0.25) is 10.0 Å². The summed E-state index contributed by atoms with van der Waals surface area (Å²) in [4.78, 5) is 20.0. The molecule has 3 rings (SSSR count). The Morgan fingerprint density at radius 1 is 1.14 bits per heavy atom. The third-order valence-electron chi connectivity index (χ3n) is 2.99. The summed E-state index contributed by atoms with van der Waals surface area (Å²) >= 11 is 11.8. The predicted octanol–water partition coefficient (Wildman–Crippen LogP) is 3.42. The van der Waals surface area contributed by atoms with Gasteiger partial charge in [0.1, 0.15) is 11.5 Å². The normalized spacial score (nSPS) is 13.8. The molecule has 1 amide bonds. The molecule has 1 heterocycles. The van der Waals surface area contributed by atoms with Gasteiger partial charge in [0.15, 0.2) is 0 Å². The zero-order valence-corrected chi connectivity index (χ0v) is 12.4. The van der Waals surface area contributed by atoms with E-state index < -0.39 is 0 Å². The third kappa shape index (κ3) is 3.62. The average Bonchev–Trinajstić information content (AvgIpc) is 3.28. The van der Waals surface area contributed by atoms with Gasteiger partial charge in [0.2, 0.25) is 0 Å². The monoisotopic (exact) mass is 322 g/mol. The fraction of sp³-hybridized carbons (Fsp3) is 0.214. The number of benzene rings is 1. The Bertz CT molecular complexity index is 671. The van der Waals surface area contributed by atoms with Gasteiger partial charge in [0.05, 0.1) is 22.4 Å². The molecule has 108 valence electrons. The van der Waals surface area contributed by atoms with E-state index >= 15 is 0 Å². The van der Waals surface area contributed by atoms with Crippen LogP contribution in [0.5, 0.6) is 0 Å². The average molecular weight is 323 g/mol. The molecule has 0 unspecified atom stereocenters. The van der Waals surface area contributed by atoms with Crippen LogP contribution in [0.1, 0.15) is 23.3 Å². The van der Waals surface area contributed by atoms with E-state index in [1.165, 1.54) is 12.4 Å². The maximum absolute atomic E-state index is 11.8. The summed E-state index contributed by atoms with van der Waals surface area (Å²) in [7, 11) is 0. The van der Waals surface area contributed by atoms with Crippen molar-refractivity contribution in [2.45, 2.75) is 18.9 Å². The lowest BCUT2D eigenvalue weighted by Crippen LogP contribution is -2.26. The molecule has 0 radical (unpaired) electrons. The lowest BCUT2D eigenvalue weighted by atomic mass is 10.3. The van der Waals surface area contributed by atoms with Crippen LogP contribution in [0.15, 0.2) is 30.6 Å². The number of hydrogen-bond acceptors (Lipinski definition) is 4. The second kappa shape index (κ2) is 5.87. The van der Waals surface area contributed by atoms with Crippen LogP contribution in [0.25, 0.3) is 0 Å². The summed E-state index contributed by atoms with van der Waals surface area (Å²) < 4.78 is 0. The second-order valence-electron chi connectivity index (χ2n) is 4.79. The van der Waals surface area contributed by atoms with Crippen LogP contribution < -0.4 is 10.6 Å². The minimum atomic E-state index is -0.189. The number of nitrogens with zero attached hydrogens (tertiary/aromatic N) is 2. The molecular weight excluding hydrogens is 311 g/mol. The van der Waals surface area contributed by atoms with E-state index in [9.17, 15) is 4.79 Å². The van der Waals surface area contributed by atoms with Crippen LogP contribution in [0.3, 0.4) is 0 Å². The van der Waals surface area contributed by atoms with Crippen LogP contribution in [-0.4, -0.2) is 21.9 Å². The highest BCUT2D eigenvalue weighted by atomic mass is 35.5. The minimum Gasteiger partial charge on any atom is -0.348 e. The zero-order valence-electron chi connectivity index (χ0n) is 10.9. The molecular formula is C14H12Cl2N4O. The molecule has 2 aromatic rings. The number of aromatic nitrogens is 2. The maximum atomic E-state index is 11.8. The van der Waals surface area contributed by atoms with Gasteiger partial charge in [-0.25, -0.2) is 9.97 Å². The van der Waals surface area contributed by atoms with Crippen LogP contribution >= 0.6 is 23.2 Å². The third-order valence-corrected chi connectivity index (χ3v) is 3.73. The van der Waals surface area contributed by atoms with Gasteiger partial charge in [-0.2, -0.15) is 0 Å². The van der Waals surface area contributed by atoms with Gasteiger partial charge in [0.25, 0.3) is 5.91 Å². The van der Waals surface area contributed by atoms with Crippen LogP contribution in [0.4, 0.5) is 11.5 Å². The highest BCUT2D eigenvalue weighted by Crippen LogP contribution is 2.26. The summed E-state index contributed by atoms with van der Waals surface area (Å²) in [6.45, 7) is 0. The Morgan fingerprint density at radius 2 is 1.95 bits per heavy atom. The van der Waals surface area contributed by atoms with Gasteiger partial charge in [0, 0.05) is 11.7 Å². The molecule has 0 atom stereocenters. The maximum Gasteiger partial charge on any atom is 0.271 e. The van der Waals surface area contributed by atoms with Crippen LogP contribution in [0, 0.1) is 0 Å². The molecule has 0 bridgehead atoms. The fourth-order valence-electron chi connectivity index (χ4n) is 1.72. The van der Waals surface area contributed by atoms with Crippen molar-refractivity contribution < 1.29 is 4.79 Å². The number of nitrogens with one attached hydrogen (secondary N) is 2. The van der Waals surface area contributed by atoms with Crippen LogP contribution in [-0.2, 0) is 0 Å². The highest BCUT2D eigenvalue weighted by Gasteiger charge is 2.24. The first-order valence-corrected chi connectivity index (χ1v) is 7.22. The number of halogens is 2. The largest absolute Gasteiger partial charge is 0.348 e. The Hall–Kier alpha value is -1.85. The molecule has 1 aromatic carbocycles. The zero-order chi connectivity index (χ0) is 14.8. The van der Waals surface area contributed by atoms with E-state index in [0.717, 1.165) is 18.5 Å². The molecule has 5 nitrogen and oxygen atoms in total. The Balaban J connectivity index is 1.68. The van der Waals surface area contributed by atoms with Gasteiger partial charge in [-0.1, -0.05) is 23.2 Å². The van der Waals surface area contributed by atoms with Crippen molar-refractivity contribution in [2.75, 3.05) is 5.32 Å². The topological polar surface area (TPSA) is 66.9 Å². The number of carbonyl (C=O) groups is 1. The lowest BCUT2D eigenvalue weighted by Gasteiger charge is -2.07. The number of anilines is 2. The van der Waals surface area contributed by atoms with Crippen molar-refractivity contribution in [3.63, 3.8) is 0 Å². The van der Waals surface area contributed by atoms with Gasteiger partial charge < -0.3 is 10.6 Å². The summed E-state index contributed by atoms with van der Waals surface area (Å²) in [5.41, 5.74) is 1.05. The molecule has 1 fully saturated rings. The first-order valence-electron chi connectivity index (χ1n) is 6.47. The molecule has 2 N–H and O–H groups in total. The minimum absolute atomic E-state index is 0.189. The molecule has 21 heavy (non-hydrogen) atoms. The van der Waals surface area contributed by atoms with E-state index in [-0.39, 0.29) is 5.91 Å². The van der Waals surface area contributed by atoms with E-state index in [2.05, 4.69) is 20.6 Å².